The first kappa shape index (κ1) is 13.1. The van der Waals surface area contributed by atoms with Crippen LogP contribution in [0.4, 0.5) is 0 Å². The van der Waals surface area contributed by atoms with Gasteiger partial charge in [0.15, 0.2) is 0 Å². The lowest BCUT2D eigenvalue weighted by Gasteiger charge is -2.16. The summed E-state index contributed by atoms with van der Waals surface area (Å²) in [4.78, 5) is 0. The van der Waals surface area contributed by atoms with Crippen molar-refractivity contribution in [3.63, 3.8) is 0 Å². The Morgan fingerprint density at radius 1 is 1.08 bits per heavy atom. The zero-order valence-corrected chi connectivity index (χ0v) is 9.51. The second-order valence-corrected chi connectivity index (χ2v) is 4.48. The fourth-order valence-electron chi connectivity index (χ4n) is 0.826. The van der Waals surface area contributed by atoms with E-state index in [1.165, 1.54) is 0 Å². The molecule has 0 unspecified atom stereocenters. The summed E-state index contributed by atoms with van der Waals surface area (Å²) in [6.07, 6.45) is 0.959. The first-order valence-corrected chi connectivity index (χ1v) is 6.37. The molecule has 80 valence electrons. The maximum absolute atomic E-state index is 11.7. The fourth-order valence-corrected chi connectivity index (χ4v) is 2.19. The van der Waals surface area contributed by atoms with Gasteiger partial charge in [0.1, 0.15) is 6.35 Å². The highest BCUT2D eigenvalue weighted by Crippen LogP contribution is 2.47. The maximum atomic E-state index is 11.7. The summed E-state index contributed by atoms with van der Waals surface area (Å²) >= 11 is 0. The van der Waals surface area contributed by atoms with Gasteiger partial charge in [0.2, 0.25) is 0 Å². The second kappa shape index (κ2) is 7.51. The molecule has 0 N–H and O–H groups in total. The molecule has 0 heterocycles. The van der Waals surface area contributed by atoms with Gasteiger partial charge >= 0.3 is 7.60 Å². The molecule has 0 aromatic rings. The predicted molar refractivity (Wildman–Crippen MR) is 52.0 cm³/mol. The molecule has 0 aliphatic carbocycles. The molecule has 0 rings (SSSR count). The van der Waals surface area contributed by atoms with Crippen molar-refractivity contribution >= 4 is 7.60 Å². The third kappa shape index (κ3) is 6.22. The second-order valence-electron chi connectivity index (χ2n) is 2.48. The first-order valence-electron chi connectivity index (χ1n) is 4.64. The van der Waals surface area contributed by atoms with Crippen LogP contribution in [0.2, 0.25) is 0 Å². The molecule has 0 atom stereocenters. The SMILES string of the molecule is CCCOCP(=O)(OCC)OCC. The third-order valence-electron chi connectivity index (χ3n) is 1.25. The minimum Gasteiger partial charge on any atom is -0.369 e. The van der Waals surface area contributed by atoms with Crippen LogP contribution in [0.15, 0.2) is 0 Å². The predicted octanol–water partition coefficient (Wildman–Crippen LogP) is 2.64. The van der Waals surface area contributed by atoms with E-state index in [4.69, 9.17) is 13.8 Å². The molecule has 0 saturated carbocycles. The van der Waals surface area contributed by atoms with Crippen LogP contribution >= 0.6 is 7.60 Å². The van der Waals surface area contributed by atoms with Crippen molar-refractivity contribution in [1.82, 2.24) is 0 Å². The van der Waals surface area contributed by atoms with Crippen LogP contribution in [-0.4, -0.2) is 26.2 Å². The molecule has 0 aromatic heterocycles. The molecule has 0 aromatic carbocycles. The highest BCUT2D eigenvalue weighted by atomic mass is 31.2. The minimum atomic E-state index is -2.97. The topological polar surface area (TPSA) is 44.8 Å². The van der Waals surface area contributed by atoms with Crippen molar-refractivity contribution in [3.05, 3.63) is 0 Å². The average molecular weight is 210 g/mol. The van der Waals surface area contributed by atoms with Crippen LogP contribution in [0.25, 0.3) is 0 Å². The van der Waals surface area contributed by atoms with E-state index >= 15 is 0 Å². The average Bonchev–Trinajstić information content (AvgIpc) is 2.05. The number of ether oxygens (including phenoxy) is 1. The van der Waals surface area contributed by atoms with Crippen LogP contribution in [0.1, 0.15) is 27.2 Å². The minimum absolute atomic E-state index is 0.0581. The summed E-state index contributed by atoms with van der Waals surface area (Å²) in [7, 11) is -2.97. The molecular weight excluding hydrogens is 191 g/mol. The van der Waals surface area contributed by atoms with Gasteiger partial charge < -0.3 is 13.8 Å². The van der Waals surface area contributed by atoms with Crippen molar-refractivity contribution in [2.45, 2.75) is 27.2 Å². The highest BCUT2D eigenvalue weighted by Gasteiger charge is 2.23. The van der Waals surface area contributed by atoms with E-state index in [9.17, 15) is 4.57 Å². The standard InChI is InChI=1S/C8H19O4P/c1-4-7-10-8-13(9,11-5-2)12-6-3/h4-8H2,1-3H3. The van der Waals surface area contributed by atoms with Crippen molar-refractivity contribution < 1.29 is 18.3 Å². The molecule has 0 saturated heterocycles. The number of hydrogen-bond donors (Lipinski definition) is 0. The molecule has 0 fully saturated rings. The maximum Gasteiger partial charge on any atom is 0.356 e. The molecular formula is C8H19O4P. The molecule has 5 heteroatoms. The lowest BCUT2D eigenvalue weighted by atomic mass is 10.5. The molecule has 0 radical (unpaired) electrons. The molecule has 0 bridgehead atoms. The van der Waals surface area contributed by atoms with E-state index < -0.39 is 7.60 Å². The Kier molecular flexibility index (Phi) is 7.57. The Morgan fingerprint density at radius 2 is 1.62 bits per heavy atom. The molecule has 0 spiro atoms. The van der Waals surface area contributed by atoms with E-state index in [1.807, 2.05) is 6.92 Å². The van der Waals surface area contributed by atoms with E-state index in [1.54, 1.807) is 13.8 Å². The Morgan fingerprint density at radius 3 is 2.00 bits per heavy atom. The highest BCUT2D eigenvalue weighted by molar-refractivity contribution is 7.53. The summed E-state index contributed by atoms with van der Waals surface area (Å²) in [5.41, 5.74) is 0. The largest absolute Gasteiger partial charge is 0.369 e. The van der Waals surface area contributed by atoms with Gasteiger partial charge in [-0.25, -0.2) is 0 Å². The molecule has 13 heavy (non-hydrogen) atoms. The van der Waals surface area contributed by atoms with Gasteiger partial charge in [0.25, 0.3) is 0 Å². The fraction of sp³-hybridized carbons (Fsp3) is 1.00. The van der Waals surface area contributed by atoms with E-state index in [0.717, 1.165) is 6.42 Å². The van der Waals surface area contributed by atoms with Crippen molar-refractivity contribution in [2.75, 3.05) is 26.2 Å². The normalized spacial score (nSPS) is 11.9. The third-order valence-corrected chi connectivity index (χ3v) is 3.05. The zero-order valence-electron chi connectivity index (χ0n) is 8.62. The molecule has 4 nitrogen and oxygen atoms in total. The lowest BCUT2D eigenvalue weighted by molar-refractivity contribution is 0.133. The van der Waals surface area contributed by atoms with Gasteiger partial charge in [-0.3, -0.25) is 4.57 Å². The summed E-state index contributed by atoms with van der Waals surface area (Å²) < 4.78 is 26.9. The van der Waals surface area contributed by atoms with Crippen LogP contribution in [-0.2, 0) is 18.3 Å². The van der Waals surface area contributed by atoms with Crippen molar-refractivity contribution in [1.29, 1.82) is 0 Å². The van der Waals surface area contributed by atoms with Crippen molar-refractivity contribution in [3.8, 4) is 0 Å². The summed E-state index contributed by atoms with van der Waals surface area (Å²) in [5.74, 6) is 0. The van der Waals surface area contributed by atoms with E-state index in [-0.39, 0.29) is 6.35 Å². The first-order chi connectivity index (χ1) is 6.18. The smallest absolute Gasteiger partial charge is 0.356 e. The molecule has 0 aliphatic rings. The quantitative estimate of drug-likeness (QED) is 0.456. The summed E-state index contributed by atoms with van der Waals surface area (Å²) in [5, 5.41) is 0. The number of hydrogen-bond acceptors (Lipinski definition) is 4. The zero-order chi connectivity index (χ0) is 10.2. The van der Waals surface area contributed by atoms with Crippen molar-refractivity contribution in [2.24, 2.45) is 0 Å². The van der Waals surface area contributed by atoms with Crippen LogP contribution in [0.3, 0.4) is 0 Å². The molecule has 0 amide bonds. The Hall–Kier alpha value is 0.110. The molecule has 0 aliphatic heterocycles. The van der Waals surface area contributed by atoms with Crippen LogP contribution < -0.4 is 0 Å². The van der Waals surface area contributed by atoms with E-state index in [0.29, 0.717) is 19.8 Å². The Balaban J connectivity index is 3.85. The van der Waals surface area contributed by atoms with E-state index in [2.05, 4.69) is 0 Å². The van der Waals surface area contributed by atoms with Crippen LogP contribution in [0.5, 0.6) is 0 Å². The van der Waals surface area contributed by atoms with Gasteiger partial charge in [0.05, 0.1) is 13.2 Å². The van der Waals surface area contributed by atoms with Gasteiger partial charge in [0, 0.05) is 6.61 Å². The Bertz CT molecular complexity index is 150. The number of rotatable bonds is 8. The lowest BCUT2D eigenvalue weighted by Crippen LogP contribution is -2.03. The van der Waals surface area contributed by atoms with Gasteiger partial charge in [-0.2, -0.15) is 0 Å². The summed E-state index contributed by atoms with van der Waals surface area (Å²) in [6.45, 7) is 6.91. The van der Waals surface area contributed by atoms with Gasteiger partial charge in [-0.1, -0.05) is 6.92 Å². The Labute approximate surface area is 80.1 Å². The monoisotopic (exact) mass is 210 g/mol. The van der Waals surface area contributed by atoms with Gasteiger partial charge in [-0.05, 0) is 20.3 Å². The van der Waals surface area contributed by atoms with Gasteiger partial charge in [-0.15, -0.1) is 0 Å². The van der Waals surface area contributed by atoms with Crippen LogP contribution in [0, 0.1) is 0 Å². The summed E-state index contributed by atoms with van der Waals surface area (Å²) in [6, 6.07) is 0.